The molecule has 21 heavy (non-hydrogen) atoms. The molecule has 7 heteroatoms. The first-order chi connectivity index (χ1) is 10.1. The summed E-state index contributed by atoms with van der Waals surface area (Å²) in [6, 6.07) is 1.81. The van der Waals surface area contributed by atoms with Crippen LogP contribution in [-0.2, 0) is 17.8 Å². The zero-order chi connectivity index (χ0) is 15.2. The Hall–Kier alpha value is -1.86. The molecule has 114 valence electrons. The number of carbonyl (C=O) groups is 1. The number of rotatable bonds is 8. The second-order valence-electron chi connectivity index (χ2n) is 4.79. The van der Waals surface area contributed by atoms with Crippen molar-refractivity contribution in [3.05, 3.63) is 33.6 Å². The molecule has 2 aromatic rings. The van der Waals surface area contributed by atoms with Crippen molar-refractivity contribution in [1.82, 2.24) is 9.78 Å². The highest BCUT2D eigenvalue weighted by Gasteiger charge is 2.07. The molecule has 2 aromatic heterocycles. The average Bonchev–Trinajstić information content (AvgIpc) is 3.04. The molecule has 0 spiro atoms. The normalized spacial score (nSPS) is 10.8. The van der Waals surface area contributed by atoms with Crippen LogP contribution in [0.25, 0.3) is 0 Å². The Morgan fingerprint density at radius 1 is 1.57 bits per heavy atom. The van der Waals surface area contributed by atoms with Gasteiger partial charge in [-0.2, -0.15) is 5.10 Å². The van der Waals surface area contributed by atoms with Gasteiger partial charge < -0.3 is 15.8 Å². The Morgan fingerprint density at radius 2 is 2.38 bits per heavy atom. The van der Waals surface area contributed by atoms with E-state index in [0.29, 0.717) is 12.1 Å². The number of amides is 1. The van der Waals surface area contributed by atoms with Gasteiger partial charge in [-0.3, -0.25) is 9.48 Å². The van der Waals surface area contributed by atoms with Gasteiger partial charge in [0.15, 0.2) is 5.82 Å². The smallest absolute Gasteiger partial charge is 0.249 e. The van der Waals surface area contributed by atoms with Gasteiger partial charge in [0.2, 0.25) is 5.91 Å². The van der Waals surface area contributed by atoms with Crippen molar-refractivity contribution in [2.24, 2.45) is 5.73 Å². The van der Waals surface area contributed by atoms with Crippen LogP contribution in [0.2, 0.25) is 0 Å². The molecule has 1 amide bonds. The molecule has 0 aliphatic heterocycles. The van der Waals surface area contributed by atoms with Crippen LogP contribution in [0.15, 0.2) is 17.6 Å². The molecule has 0 radical (unpaired) electrons. The predicted octanol–water partition coefficient (Wildman–Crippen LogP) is 2.00. The molecule has 2 rings (SSSR count). The molecule has 0 atom stereocenters. The molecular weight excluding hydrogens is 288 g/mol. The molecule has 0 aromatic carbocycles. The van der Waals surface area contributed by atoms with E-state index in [9.17, 15) is 4.79 Å². The van der Waals surface area contributed by atoms with Crippen molar-refractivity contribution < 1.29 is 9.53 Å². The lowest BCUT2D eigenvalue weighted by atomic mass is 10.3. The SMILES string of the molecule is COCCCn1cc(C)c(NCc2cc(C(N)=O)cs2)n1. The van der Waals surface area contributed by atoms with Gasteiger partial charge in [0.25, 0.3) is 0 Å². The molecule has 0 aliphatic carbocycles. The first-order valence-electron chi connectivity index (χ1n) is 6.74. The molecule has 3 N–H and O–H groups in total. The van der Waals surface area contributed by atoms with E-state index in [1.54, 1.807) is 12.5 Å². The van der Waals surface area contributed by atoms with E-state index in [2.05, 4.69) is 10.4 Å². The zero-order valence-corrected chi connectivity index (χ0v) is 13.1. The summed E-state index contributed by atoms with van der Waals surface area (Å²) in [4.78, 5) is 12.1. The average molecular weight is 308 g/mol. The van der Waals surface area contributed by atoms with Crippen molar-refractivity contribution >= 4 is 23.1 Å². The monoisotopic (exact) mass is 308 g/mol. The standard InChI is InChI=1S/C14H20N4O2S/c1-10-8-18(4-3-5-20-2)17-14(10)16-7-12-6-11(9-21-12)13(15)19/h6,8-9H,3-5,7H2,1-2H3,(H2,15,19)(H,16,17). The number of nitrogens with zero attached hydrogens (tertiary/aromatic N) is 2. The van der Waals surface area contributed by atoms with E-state index < -0.39 is 5.91 Å². The number of ether oxygens (including phenoxy) is 1. The van der Waals surface area contributed by atoms with E-state index in [1.807, 2.05) is 23.9 Å². The van der Waals surface area contributed by atoms with Crippen LogP contribution in [-0.4, -0.2) is 29.4 Å². The molecule has 0 saturated carbocycles. The fourth-order valence-electron chi connectivity index (χ4n) is 1.95. The number of carbonyl (C=O) groups excluding carboxylic acids is 1. The summed E-state index contributed by atoms with van der Waals surface area (Å²) < 4.78 is 6.95. The number of aryl methyl sites for hydroxylation is 2. The Labute approximate surface area is 127 Å². The van der Waals surface area contributed by atoms with E-state index in [4.69, 9.17) is 10.5 Å². The maximum atomic E-state index is 11.1. The van der Waals surface area contributed by atoms with Crippen molar-refractivity contribution in [2.75, 3.05) is 19.0 Å². The Bertz CT molecular complexity index is 606. The number of hydrogen-bond donors (Lipinski definition) is 2. The van der Waals surface area contributed by atoms with Crippen molar-refractivity contribution in [1.29, 1.82) is 0 Å². The Kier molecular flexibility index (Phi) is 5.35. The van der Waals surface area contributed by atoms with Gasteiger partial charge in [-0.25, -0.2) is 0 Å². The third kappa shape index (κ3) is 4.30. The van der Waals surface area contributed by atoms with Crippen LogP contribution in [0.5, 0.6) is 0 Å². The number of aromatic nitrogens is 2. The largest absolute Gasteiger partial charge is 0.385 e. The zero-order valence-electron chi connectivity index (χ0n) is 12.3. The predicted molar refractivity (Wildman–Crippen MR) is 83.6 cm³/mol. The summed E-state index contributed by atoms with van der Waals surface area (Å²) in [5.74, 6) is 0.470. The van der Waals surface area contributed by atoms with E-state index in [0.717, 1.165) is 35.8 Å². The van der Waals surface area contributed by atoms with Gasteiger partial charge in [-0.05, 0) is 19.4 Å². The van der Waals surface area contributed by atoms with Gasteiger partial charge in [-0.1, -0.05) is 0 Å². The molecule has 0 fully saturated rings. The van der Waals surface area contributed by atoms with Crippen LogP contribution in [0.4, 0.5) is 5.82 Å². The van der Waals surface area contributed by atoms with Crippen molar-refractivity contribution in [3.63, 3.8) is 0 Å². The molecule has 0 saturated heterocycles. The molecule has 0 bridgehead atoms. The Morgan fingerprint density at radius 3 is 3.05 bits per heavy atom. The minimum atomic E-state index is -0.392. The molecule has 0 unspecified atom stereocenters. The second kappa shape index (κ2) is 7.24. The highest BCUT2D eigenvalue weighted by molar-refractivity contribution is 7.10. The lowest BCUT2D eigenvalue weighted by Crippen LogP contribution is -2.09. The van der Waals surface area contributed by atoms with E-state index >= 15 is 0 Å². The van der Waals surface area contributed by atoms with Gasteiger partial charge in [0, 0.05) is 42.3 Å². The van der Waals surface area contributed by atoms with Gasteiger partial charge in [-0.15, -0.1) is 11.3 Å². The summed E-state index contributed by atoms with van der Waals surface area (Å²) in [7, 11) is 1.70. The van der Waals surface area contributed by atoms with Gasteiger partial charge in [0.1, 0.15) is 0 Å². The van der Waals surface area contributed by atoms with Crippen LogP contribution < -0.4 is 11.1 Å². The highest BCUT2D eigenvalue weighted by atomic mass is 32.1. The van der Waals surface area contributed by atoms with Crippen molar-refractivity contribution in [2.45, 2.75) is 26.4 Å². The number of nitrogens with two attached hydrogens (primary N) is 1. The lowest BCUT2D eigenvalue weighted by Gasteiger charge is -2.02. The summed E-state index contributed by atoms with van der Waals surface area (Å²) in [5.41, 5.74) is 6.89. The molecular formula is C14H20N4O2S. The highest BCUT2D eigenvalue weighted by Crippen LogP contribution is 2.18. The first kappa shape index (κ1) is 15.5. The number of primary amides is 1. The number of methoxy groups -OCH3 is 1. The molecule has 0 aliphatic rings. The van der Waals surface area contributed by atoms with Gasteiger partial charge in [0.05, 0.1) is 12.1 Å². The number of hydrogen-bond acceptors (Lipinski definition) is 5. The maximum absolute atomic E-state index is 11.1. The topological polar surface area (TPSA) is 82.2 Å². The summed E-state index contributed by atoms with van der Waals surface area (Å²) in [6.07, 6.45) is 2.95. The minimum absolute atomic E-state index is 0.392. The van der Waals surface area contributed by atoms with Crippen molar-refractivity contribution in [3.8, 4) is 0 Å². The number of thiophene rings is 1. The van der Waals surface area contributed by atoms with Gasteiger partial charge >= 0.3 is 0 Å². The summed E-state index contributed by atoms with van der Waals surface area (Å²) in [6.45, 7) is 4.22. The number of anilines is 1. The fraction of sp³-hybridized carbons (Fsp3) is 0.429. The third-order valence-electron chi connectivity index (χ3n) is 3.05. The lowest BCUT2D eigenvalue weighted by molar-refractivity contribution is 0.100. The summed E-state index contributed by atoms with van der Waals surface area (Å²) in [5, 5.41) is 9.56. The summed E-state index contributed by atoms with van der Waals surface area (Å²) >= 11 is 1.51. The van der Waals surface area contributed by atoms with Crippen LogP contribution in [0.3, 0.4) is 0 Å². The van der Waals surface area contributed by atoms with Crippen LogP contribution in [0.1, 0.15) is 27.2 Å². The van der Waals surface area contributed by atoms with Crippen LogP contribution in [0, 0.1) is 6.92 Å². The molecule has 6 nitrogen and oxygen atoms in total. The number of nitrogens with one attached hydrogen (secondary N) is 1. The van der Waals surface area contributed by atoms with Crippen LogP contribution >= 0.6 is 11.3 Å². The molecule has 2 heterocycles. The second-order valence-corrected chi connectivity index (χ2v) is 5.79. The Balaban J connectivity index is 1.91. The fourth-order valence-corrected chi connectivity index (χ4v) is 2.77. The first-order valence-corrected chi connectivity index (χ1v) is 7.62. The minimum Gasteiger partial charge on any atom is -0.385 e. The third-order valence-corrected chi connectivity index (χ3v) is 3.99. The van der Waals surface area contributed by atoms with E-state index in [1.165, 1.54) is 11.3 Å². The van der Waals surface area contributed by atoms with E-state index in [-0.39, 0.29) is 0 Å². The maximum Gasteiger partial charge on any atom is 0.249 e. The quantitative estimate of drug-likeness (QED) is 0.731.